The van der Waals surface area contributed by atoms with Crippen LogP contribution in [0.5, 0.6) is 17.2 Å². The first kappa shape index (κ1) is 35.6. The molecule has 0 unspecified atom stereocenters. The zero-order valence-corrected chi connectivity index (χ0v) is 28.8. The van der Waals surface area contributed by atoms with Crippen molar-refractivity contribution in [1.82, 2.24) is 0 Å². The van der Waals surface area contributed by atoms with Crippen LogP contribution in [0.2, 0.25) is 0 Å². The smallest absolute Gasteiger partial charge is 0.161 e. The summed E-state index contributed by atoms with van der Waals surface area (Å²) in [7, 11) is 1.62. The molecular formula is C42H49NO6. The van der Waals surface area contributed by atoms with Gasteiger partial charge in [0, 0.05) is 37.1 Å². The first-order valence-corrected chi connectivity index (χ1v) is 17.6. The fraction of sp³-hybridized carbons (Fsp3) is 0.405. The molecule has 49 heavy (non-hydrogen) atoms. The molecule has 6 bridgehead atoms. The highest BCUT2D eigenvalue weighted by atomic mass is 16.5. The molecule has 0 saturated heterocycles. The SMILES string of the molecule is COc1ccc2cc1OCc1ccc3c(c(O)ccc3c1)CC#CO[C@H](CCCCCCCc1cccc(NC[C@H](C)O)c1)CC(=O)CC2. The quantitative estimate of drug-likeness (QED) is 0.104. The van der Waals surface area contributed by atoms with Crippen LogP contribution >= 0.6 is 0 Å². The van der Waals surface area contributed by atoms with Crippen molar-refractivity contribution in [2.75, 3.05) is 19.0 Å². The van der Waals surface area contributed by atoms with Gasteiger partial charge in [-0.15, -0.1) is 0 Å². The Kier molecular flexibility index (Phi) is 13.2. The predicted octanol–water partition coefficient (Wildman–Crippen LogP) is 8.30. The summed E-state index contributed by atoms with van der Waals surface area (Å²) in [6, 6.07) is 23.9. The number of nitrogens with one attached hydrogen (secondary N) is 1. The Balaban J connectivity index is 1.20. The van der Waals surface area contributed by atoms with Crippen LogP contribution in [0.4, 0.5) is 5.69 Å². The highest BCUT2D eigenvalue weighted by Gasteiger charge is 2.16. The van der Waals surface area contributed by atoms with Crippen LogP contribution in [0, 0.1) is 12.0 Å². The number of ether oxygens (including phenoxy) is 3. The Bertz CT molecular complexity index is 1750. The number of Topliss-reactive ketones (excluding diaryl/α,β-unsaturated/α-hetero) is 1. The van der Waals surface area contributed by atoms with E-state index in [-0.39, 0.29) is 23.7 Å². The number of ketones is 1. The van der Waals surface area contributed by atoms with Gasteiger partial charge in [-0.1, -0.05) is 61.6 Å². The highest BCUT2D eigenvalue weighted by molar-refractivity contribution is 5.88. The molecule has 3 N–H and O–H groups in total. The van der Waals surface area contributed by atoms with Gasteiger partial charge in [-0.3, -0.25) is 4.79 Å². The molecular weight excluding hydrogens is 614 g/mol. The molecule has 2 aliphatic heterocycles. The second-order valence-electron chi connectivity index (χ2n) is 13.1. The molecule has 0 radical (unpaired) electrons. The Labute approximate surface area is 290 Å². The Morgan fingerprint density at radius 3 is 2.65 bits per heavy atom. The third-order valence-electron chi connectivity index (χ3n) is 9.02. The van der Waals surface area contributed by atoms with Gasteiger partial charge in [0.25, 0.3) is 0 Å². The second kappa shape index (κ2) is 18.2. The van der Waals surface area contributed by atoms with Crippen molar-refractivity contribution in [3.8, 4) is 29.3 Å². The molecule has 0 aromatic heterocycles. The van der Waals surface area contributed by atoms with Crippen molar-refractivity contribution >= 4 is 22.2 Å². The van der Waals surface area contributed by atoms with Crippen LogP contribution in [-0.2, 0) is 35.4 Å². The average molecular weight is 664 g/mol. The van der Waals surface area contributed by atoms with Crippen molar-refractivity contribution < 1.29 is 29.2 Å². The summed E-state index contributed by atoms with van der Waals surface area (Å²) in [5.74, 6) is 4.74. The number of phenolic OH excluding ortho intramolecular Hbond substituents is 1. The lowest BCUT2D eigenvalue weighted by Crippen LogP contribution is -2.16. The maximum atomic E-state index is 13.2. The van der Waals surface area contributed by atoms with Gasteiger partial charge in [-0.05, 0) is 103 Å². The molecule has 0 aliphatic carbocycles. The minimum absolute atomic E-state index is 0.146. The van der Waals surface area contributed by atoms with E-state index in [9.17, 15) is 15.0 Å². The Morgan fingerprint density at radius 2 is 1.80 bits per heavy atom. The molecule has 0 amide bonds. The van der Waals surface area contributed by atoms with Gasteiger partial charge < -0.3 is 29.7 Å². The van der Waals surface area contributed by atoms with Crippen molar-refractivity contribution in [3.63, 3.8) is 0 Å². The number of hydrogen-bond donors (Lipinski definition) is 3. The van der Waals surface area contributed by atoms with Crippen molar-refractivity contribution in [2.24, 2.45) is 0 Å². The van der Waals surface area contributed by atoms with Gasteiger partial charge in [-0.2, -0.15) is 0 Å². The number of fused-ring (bicyclic) bond motifs is 9. The number of carbonyl (C=O) groups excluding carboxylic acids is 1. The summed E-state index contributed by atoms with van der Waals surface area (Å²) in [6.45, 7) is 2.68. The predicted molar refractivity (Wildman–Crippen MR) is 195 cm³/mol. The summed E-state index contributed by atoms with van der Waals surface area (Å²) in [5.41, 5.74) is 5.11. The zero-order valence-electron chi connectivity index (χ0n) is 28.8. The Hall–Kier alpha value is -4.67. The average Bonchev–Trinajstić information content (AvgIpc) is 3.10. The number of phenols is 1. The van der Waals surface area contributed by atoms with Crippen molar-refractivity contribution in [3.05, 3.63) is 95.1 Å². The zero-order chi connectivity index (χ0) is 34.4. The summed E-state index contributed by atoms with van der Waals surface area (Å²) >= 11 is 0. The molecule has 0 spiro atoms. The van der Waals surface area contributed by atoms with Crippen LogP contribution in [0.3, 0.4) is 0 Å². The summed E-state index contributed by atoms with van der Waals surface area (Å²) in [5, 5.41) is 25.4. The van der Waals surface area contributed by atoms with E-state index in [1.165, 1.54) is 5.56 Å². The molecule has 7 heteroatoms. The fourth-order valence-corrected chi connectivity index (χ4v) is 6.28. The van der Waals surface area contributed by atoms with Gasteiger partial charge in [0.05, 0.1) is 13.2 Å². The molecule has 6 rings (SSSR count). The fourth-order valence-electron chi connectivity index (χ4n) is 6.28. The van der Waals surface area contributed by atoms with E-state index < -0.39 is 0 Å². The minimum Gasteiger partial charge on any atom is -0.508 e. The van der Waals surface area contributed by atoms with E-state index in [2.05, 4.69) is 41.6 Å². The number of benzene rings is 4. The largest absolute Gasteiger partial charge is 0.508 e. The molecule has 4 aromatic rings. The van der Waals surface area contributed by atoms with E-state index in [1.54, 1.807) is 20.1 Å². The van der Waals surface area contributed by atoms with E-state index >= 15 is 0 Å². The minimum atomic E-state index is -0.381. The molecule has 2 aliphatic rings. The van der Waals surface area contributed by atoms with E-state index in [0.717, 1.165) is 78.1 Å². The maximum Gasteiger partial charge on any atom is 0.161 e. The van der Waals surface area contributed by atoms with Crippen LogP contribution in [0.1, 0.15) is 80.5 Å². The molecule has 0 fully saturated rings. The number of methoxy groups -OCH3 is 1. The number of aliphatic hydroxyl groups excluding tert-OH is 1. The van der Waals surface area contributed by atoms with Gasteiger partial charge >= 0.3 is 0 Å². The summed E-state index contributed by atoms with van der Waals surface area (Å²) < 4.78 is 17.8. The standard InChI is InChI=1S/C42H49NO6/c1-30(44)28-43-35-12-8-11-31(25-35)10-6-4-3-5-7-13-37-27-36(45)19-15-32-17-22-41(47-2)42(26-32)49-29-33-16-20-38-34(24-33)18-21-40(46)39(38)14-9-23-48-37/h8,11-12,16-18,20-22,24-26,30,37,43-44,46H,3-7,10,13-15,19,27-29H2,1-2H3/t30-,37+/m0/s1. The topological polar surface area (TPSA) is 97.2 Å². The molecule has 258 valence electrons. The molecule has 4 aromatic carbocycles. The molecule has 2 heterocycles. The monoisotopic (exact) mass is 663 g/mol. The number of aliphatic hydroxyl groups is 1. The van der Waals surface area contributed by atoms with Crippen molar-refractivity contribution in [1.29, 1.82) is 0 Å². The van der Waals surface area contributed by atoms with E-state index in [4.69, 9.17) is 14.2 Å². The lowest BCUT2D eigenvalue weighted by atomic mass is 9.99. The van der Waals surface area contributed by atoms with Crippen LogP contribution in [0.15, 0.2) is 72.8 Å². The van der Waals surface area contributed by atoms with Gasteiger partial charge in [0.15, 0.2) is 11.5 Å². The molecule has 2 atom stereocenters. The summed E-state index contributed by atoms with van der Waals surface area (Å²) in [4.78, 5) is 13.2. The number of aryl methyl sites for hydroxylation is 2. The van der Waals surface area contributed by atoms with E-state index in [0.29, 0.717) is 50.3 Å². The summed E-state index contributed by atoms with van der Waals surface area (Å²) in [6.07, 6.45) is 11.1. The number of aromatic hydroxyl groups is 1. The van der Waals surface area contributed by atoms with Gasteiger partial charge in [0.1, 0.15) is 30.4 Å². The van der Waals surface area contributed by atoms with Crippen LogP contribution < -0.4 is 14.8 Å². The maximum absolute atomic E-state index is 13.2. The molecule has 7 nitrogen and oxygen atoms in total. The lowest BCUT2D eigenvalue weighted by molar-refractivity contribution is -0.121. The third kappa shape index (κ3) is 10.9. The van der Waals surface area contributed by atoms with Crippen LogP contribution in [0.25, 0.3) is 10.8 Å². The van der Waals surface area contributed by atoms with Crippen LogP contribution in [-0.4, -0.2) is 41.9 Å². The first-order chi connectivity index (χ1) is 23.9. The van der Waals surface area contributed by atoms with E-state index in [1.807, 2.05) is 42.5 Å². The number of carbonyl (C=O) groups is 1. The number of rotatable bonds is 12. The number of hydrogen-bond acceptors (Lipinski definition) is 7. The van der Waals surface area contributed by atoms with Crippen molar-refractivity contribution in [2.45, 2.75) is 96.4 Å². The van der Waals surface area contributed by atoms with Gasteiger partial charge in [0.2, 0.25) is 0 Å². The number of anilines is 1. The third-order valence-corrected chi connectivity index (χ3v) is 9.02. The normalized spacial score (nSPS) is 15.7. The Morgan fingerprint density at radius 1 is 0.959 bits per heavy atom. The second-order valence-corrected chi connectivity index (χ2v) is 13.1. The lowest BCUT2D eigenvalue weighted by Gasteiger charge is -2.15. The molecule has 0 saturated carbocycles. The highest BCUT2D eigenvalue weighted by Crippen LogP contribution is 2.32. The first-order valence-electron chi connectivity index (χ1n) is 17.6. The number of unbranched alkanes of at least 4 members (excludes halogenated alkanes) is 4. The van der Waals surface area contributed by atoms with Gasteiger partial charge in [-0.25, -0.2) is 0 Å².